The zero-order valence-electron chi connectivity index (χ0n) is 14.5. The van der Waals surface area contributed by atoms with Crippen LogP contribution in [0.5, 0.6) is 0 Å². The van der Waals surface area contributed by atoms with Crippen molar-refractivity contribution in [3.8, 4) is 11.1 Å². The van der Waals surface area contributed by atoms with Crippen LogP contribution in [-0.4, -0.2) is 29.8 Å². The van der Waals surface area contributed by atoms with Crippen molar-refractivity contribution in [1.29, 1.82) is 0 Å². The Kier molecular flexibility index (Phi) is 4.15. The van der Waals surface area contributed by atoms with E-state index in [4.69, 9.17) is 9.84 Å². The second-order valence-corrected chi connectivity index (χ2v) is 7.10. The number of nitrogens with one attached hydrogen (secondary N) is 1. The summed E-state index contributed by atoms with van der Waals surface area (Å²) in [6.07, 6.45) is 0.121. The largest absolute Gasteiger partial charge is 0.481 e. The number of rotatable bonds is 5. The van der Waals surface area contributed by atoms with E-state index in [2.05, 4.69) is 29.6 Å². The summed E-state index contributed by atoms with van der Waals surface area (Å²) >= 11 is 0. The van der Waals surface area contributed by atoms with Crippen LogP contribution in [0, 0.1) is 11.8 Å². The molecule has 5 heteroatoms. The number of alkyl carbamates (subject to hydrolysis) is 1. The fraction of sp³-hybridized carbons (Fsp3) is 0.333. The van der Waals surface area contributed by atoms with Crippen molar-refractivity contribution in [3.05, 3.63) is 59.7 Å². The number of benzene rings is 2. The van der Waals surface area contributed by atoms with E-state index < -0.39 is 12.1 Å². The Bertz CT molecular complexity index is 817. The van der Waals surface area contributed by atoms with Crippen LogP contribution >= 0.6 is 0 Å². The third-order valence-corrected chi connectivity index (χ3v) is 5.49. The lowest BCUT2D eigenvalue weighted by molar-refractivity contribution is -0.138. The number of aliphatic carboxylic acids is 1. The fourth-order valence-electron chi connectivity index (χ4n) is 3.98. The molecule has 134 valence electrons. The van der Waals surface area contributed by atoms with Crippen molar-refractivity contribution in [2.75, 3.05) is 6.61 Å². The van der Waals surface area contributed by atoms with E-state index in [1.165, 1.54) is 22.3 Å². The van der Waals surface area contributed by atoms with Crippen molar-refractivity contribution in [2.24, 2.45) is 11.8 Å². The van der Waals surface area contributed by atoms with Gasteiger partial charge < -0.3 is 15.2 Å². The molecule has 2 aromatic rings. The molecule has 2 N–H and O–H groups in total. The third kappa shape index (κ3) is 2.94. The number of carboxylic acids is 1. The molecule has 1 amide bonds. The third-order valence-electron chi connectivity index (χ3n) is 5.49. The number of carboxylic acid groups (broad SMARTS) is 1. The summed E-state index contributed by atoms with van der Waals surface area (Å²) in [5.74, 6) is -1.13. The van der Waals surface area contributed by atoms with Crippen LogP contribution in [0.4, 0.5) is 4.79 Å². The maximum atomic E-state index is 12.2. The second kappa shape index (κ2) is 6.48. The van der Waals surface area contributed by atoms with E-state index in [0.29, 0.717) is 6.42 Å². The zero-order chi connectivity index (χ0) is 18.3. The predicted octanol–water partition coefficient (Wildman–Crippen LogP) is 3.63. The van der Waals surface area contributed by atoms with Gasteiger partial charge in [-0.3, -0.25) is 4.79 Å². The zero-order valence-corrected chi connectivity index (χ0v) is 14.5. The molecule has 2 aliphatic carbocycles. The number of fused-ring (bicyclic) bond motifs is 3. The Hall–Kier alpha value is -2.82. The highest BCUT2D eigenvalue weighted by molar-refractivity contribution is 5.79. The van der Waals surface area contributed by atoms with E-state index in [0.717, 1.165) is 0 Å². The van der Waals surface area contributed by atoms with Gasteiger partial charge in [-0.05, 0) is 41.5 Å². The topological polar surface area (TPSA) is 75.6 Å². The standard InChI is InChI=1S/C21H21NO4/c1-12(17-10-18(17)20(23)24)22-21(25)26-11-19-15-8-4-2-6-13(15)14-7-3-5-9-16(14)19/h2-9,12,17-19H,10-11H2,1H3,(H,22,25)(H,23,24). The molecule has 26 heavy (non-hydrogen) atoms. The molecule has 0 bridgehead atoms. The van der Waals surface area contributed by atoms with Crippen molar-refractivity contribution in [2.45, 2.75) is 25.3 Å². The highest BCUT2D eigenvalue weighted by atomic mass is 16.5. The number of carbonyl (C=O) groups excluding carboxylic acids is 1. The molecule has 0 aromatic heterocycles. The van der Waals surface area contributed by atoms with Gasteiger partial charge >= 0.3 is 12.1 Å². The molecule has 0 aliphatic heterocycles. The summed E-state index contributed by atoms with van der Waals surface area (Å²) in [6.45, 7) is 2.09. The molecular formula is C21H21NO4. The van der Waals surface area contributed by atoms with Crippen LogP contribution in [0.25, 0.3) is 11.1 Å². The van der Waals surface area contributed by atoms with Gasteiger partial charge in [-0.15, -0.1) is 0 Å². The first kappa shape index (κ1) is 16.6. The van der Waals surface area contributed by atoms with E-state index >= 15 is 0 Å². The summed E-state index contributed by atoms with van der Waals surface area (Å²) in [5.41, 5.74) is 4.71. The second-order valence-electron chi connectivity index (χ2n) is 7.10. The first-order valence-corrected chi connectivity index (χ1v) is 8.90. The average Bonchev–Trinajstić information content (AvgIpc) is 3.38. The summed E-state index contributed by atoms with van der Waals surface area (Å²) in [6, 6.07) is 16.2. The number of carbonyl (C=O) groups is 2. The van der Waals surface area contributed by atoms with Gasteiger partial charge in [0.2, 0.25) is 0 Å². The maximum absolute atomic E-state index is 12.2. The Morgan fingerprint density at radius 1 is 1.12 bits per heavy atom. The molecule has 4 rings (SSSR count). The quantitative estimate of drug-likeness (QED) is 0.862. The van der Waals surface area contributed by atoms with Gasteiger partial charge in [0.1, 0.15) is 6.61 Å². The van der Waals surface area contributed by atoms with Crippen LogP contribution in [-0.2, 0) is 9.53 Å². The number of hydrogen-bond acceptors (Lipinski definition) is 3. The highest BCUT2D eigenvalue weighted by Crippen LogP contribution is 2.44. The molecule has 5 nitrogen and oxygen atoms in total. The van der Waals surface area contributed by atoms with Gasteiger partial charge in [-0.25, -0.2) is 4.79 Å². The average molecular weight is 351 g/mol. The first-order chi connectivity index (χ1) is 12.6. The van der Waals surface area contributed by atoms with Crippen molar-refractivity contribution in [3.63, 3.8) is 0 Å². The molecule has 0 heterocycles. The lowest BCUT2D eigenvalue weighted by Gasteiger charge is -2.17. The van der Waals surface area contributed by atoms with Crippen molar-refractivity contribution in [1.82, 2.24) is 5.32 Å². The van der Waals surface area contributed by atoms with E-state index in [-0.39, 0.29) is 30.4 Å². The Labute approximate surface area is 152 Å². The van der Waals surface area contributed by atoms with Gasteiger partial charge in [0.05, 0.1) is 5.92 Å². The minimum atomic E-state index is -0.795. The molecule has 3 atom stereocenters. The number of hydrogen-bond donors (Lipinski definition) is 2. The Balaban J connectivity index is 1.40. The Morgan fingerprint density at radius 3 is 2.23 bits per heavy atom. The van der Waals surface area contributed by atoms with E-state index in [9.17, 15) is 9.59 Å². The van der Waals surface area contributed by atoms with Crippen molar-refractivity contribution < 1.29 is 19.4 Å². The summed E-state index contributed by atoms with van der Waals surface area (Å²) in [5, 5.41) is 11.8. The summed E-state index contributed by atoms with van der Waals surface area (Å²) < 4.78 is 5.49. The van der Waals surface area contributed by atoms with Crippen LogP contribution in [0.2, 0.25) is 0 Å². The van der Waals surface area contributed by atoms with Crippen molar-refractivity contribution >= 4 is 12.1 Å². The summed E-state index contributed by atoms with van der Waals surface area (Å²) in [4.78, 5) is 23.1. The Morgan fingerprint density at radius 2 is 1.69 bits per heavy atom. The molecule has 0 radical (unpaired) electrons. The van der Waals surface area contributed by atoms with Crippen LogP contribution < -0.4 is 5.32 Å². The lowest BCUT2D eigenvalue weighted by Crippen LogP contribution is -2.36. The van der Waals surface area contributed by atoms with Gasteiger partial charge in [0.25, 0.3) is 0 Å². The normalized spacial score (nSPS) is 21.4. The molecule has 2 aromatic carbocycles. The molecule has 3 unspecified atom stereocenters. The monoisotopic (exact) mass is 351 g/mol. The van der Waals surface area contributed by atoms with Crippen LogP contribution in [0.1, 0.15) is 30.4 Å². The highest BCUT2D eigenvalue weighted by Gasteiger charge is 2.47. The molecule has 0 saturated heterocycles. The number of amides is 1. The van der Waals surface area contributed by atoms with Gasteiger partial charge in [0, 0.05) is 12.0 Å². The first-order valence-electron chi connectivity index (χ1n) is 8.90. The van der Waals surface area contributed by atoms with Crippen LogP contribution in [0.15, 0.2) is 48.5 Å². The molecule has 1 fully saturated rings. The molecule has 1 saturated carbocycles. The minimum Gasteiger partial charge on any atom is -0.481 e. The summed E-state index contributed by atoms with van der Waals surface area (Å²) in [7, 11) is 0. The number of ether oxygens (including phenoxy) is 1. The van der Waals surface area contributed by atoms with Gasteiger partial charge in [0.15, 0.2) is 0 Å². The molecular weight excluding hydrogens is 330 g/mol. The fourth-order valence-corrected chi connectivity index (χ4v) is 3.98. The molecule has 2 aliphatic rings. The lowest BCUT2D eigenvalue weighted by atomic mass is 9.98. The minimum absolute atomic E-state index is 0.00650. The van der Waals surface area contributed by atoms with Gasteiger partial charge in [-0.2, -0.15) is 0 Å². The van der Waals surface area contributed by atoms with Gasteiger partial charge in [-0.1, -0.05) is 48.5 Å². The predicted molar refractivity (Wildman–Crippen MR) is 96.9 cm³/mol. The molecule has 0 spiro atoms. The maximum Gasteiger partial charge on any atom is 0.407 e. The van der Waals surface area contributed by atoms with E-state index in [1.54, 1.807) is 0 Å². The van der Waals surface area contributed by atoms with E-state index in [1.807, 2.05) is 31.2 Å². The SMILES string of the molecule is CC(NC(=O)OCC1c2ccccc2-c2ccccc21)C1CC1C(=O)O. The smallest absolute Gasteiger partial charge is 0.407 e. The van der Waals surface area contributed by atoms with Crippen LogP contribution in [0.3, 0.4) is 0 Å².